The van der Waals surface area contributed by atoms with Crippen molar-refractivity contribution in [2.45, 2.75) is 32.9 Å². The van der Waals surface area contributed by atoms with Gasteiger partial charge in [0.25, 0.3) is 0 Å². The number of nitrogens with zero attached hydrogens (tertiary/aromatic N) is 3. The molecule has 1 fully saturated rings. The minimum absolute atomic E-state index is 0.0578. The first-order chi connectivity index (χ1) is 16.0. The van der Waals surface area contributed by atoms with Crippen LogP contribution in [0.2, 0.25) is 5.02 Å². The van der Waals surface area contributed by atoms with E-state index in [1.807, 2.05) is 36.5 Å². The van der Waals surface area contributed by atoms with Crippen molar-refractivity contribution < 1.29 is 0 Å². The molecule has 3 heterocycles. The summed E-state index contributed by atoms with van der Waals surface area (Å²) in [5.74, 6) is 0. The summed E-state index contributed by atoms with van der Waals surface area (Å²) in [5.41, 5.74) is 7.66. The van der Waals surface area contributed by atoms with Crippen molar-refractivity contribution in [1.82, 2.24) is 14.9 Å². The number of benzene rings is 2. The average Bonchev–Trinajstić information content (AvgIpc) is 3.31. The number of aryl methyl sites for hydroxylation is 2. The summed E-state index contributed by atoms with van der Waals surface area (Å²) in [6.07, 6.45) is 1.83. The van der Waals surface area contributed by atoms with E-state index >= 15 is 0 Å². The standard InChI is InChI=1S/C27H25ClN4S/c1-17-11-13-20(14-12-17)32-26(25(30-27(32)33)23-9-6-7-15-29-23)21-16-18(2)31(19(21)3)24-10-5-4-8-22(24)28/h4-16,25-26H,1-3H3,(H,30,33). The monoisotopic (exact) mass is 472 g/mol. The van der Waals surface area contributed by atoms with E-state index in [0.29, 0.717) is 5.11 Å². The third-order valence-electron chi connectivity index (χ3n) is 6.29. The molecule has 1 N–H and O–H groups in total. The van der Waals surface area contributed by atoms with E-state index in [1.165, 1.54) is 11.1 Å². The molecule has 4 aromatic rings. The number of rotatable bonds is 4. The summed E-state index contributed by atoms with van der Waals surface area (Å²) < 4.78 is 2.22. The smallest absolute Gasteiger partial charge is 0.174 e. The first-order valence-electron chi connectivity index (χ1n) is 11.0. The van der Waals surface area contributed by atoms with Crippen LogP contribution in [0, 0.1) is 20.8 Å². The Morgan fingerprint density at radius 3 is 2.36 bits per heavy atom. The third-order valence-corrected chi connectivity index (χ3v) is 6.93. The fraction of sp³-hybridized carbons (Fsp3) is 0.185. The number of hydrogen-bond donors (Lipinski definition) is 1. The minimum atomic E-state index is -0.0831. The number of nitrogens with one attached hydrogen (secondary N) is 1. The summed E-state index contributed by atoms with van der Waals surface area (Å²) >= 11 is 12.5. The van der Waals surface area contributed by atoms with E-state index in [0.717, 1.165) is 33.5 Å². The molecule has 0 spiro atoms. The molecule has 1 aliphatic heterocycles. The minimum Gasteiger partial charge on any atom is -0.351 e. The Bertz CT molecular complexity index is 1310. The maximum absolute atomic E-state index is 6.58. The van der Waals surface area contributed by atoms with Gasteiger partial charge < -0.3 is 14.8 Å². The van der Waals surface area contributed by atoms with Crippen LogP contribution in [0.4, 0.5) is 5.69 Å². The number of pyridine rings is 1. The van der Waals surface area contributed by atoms with E-state index in [9.17, 15) is 0 Å². The molecule has 5 rings (SSSR count). The molecule has 2 aromatic carbocycles. The van der Waals surface area contributed by atoms with Crippen molar-refractivity contribution in [2.75, 3.05) is 4.90 Å². The lowest BCUT2D eigenvalue weighted by molar-refractivity contribution is 0.565. The zero-order valence-electron chi connectivity index (χ0n) is 18.8. The van der Waals surface area contributed by atoms with Gasteiger partial charge in [0, 0.05) is 23.3 Å². The van der Waals surface area contributed by atoms with Gasteiger partial charge in [0.1, 0.15) is 0 Å². The number of hydrogen-bond acceptors (Lipinski definition) is 2. The van der Waals surface area contributed by atoms with Gasteiger partial charge in [-0.15, -0.1) is 0 Å². The van der Waals surface area contributed by atoms with Gasteiger partial charge in [-0.3, -0.25) is 4.98 Å². The van der Waals surface area contributed by atoms with Crippen molar-refractivity contribution in [3.05, 3.63) is 112 Å². The summed E-state index contributed by atoms with van der Waals surface area (Å²) in [6.45, 7) is 6.36. The molecule has 2 aromatic heterocycles. The molecule has 1 aliphatic rings. The zero-order chi connectivity index (χ0) is 23.1. The lowest BCUT2D eigenvalue weighted by Crippen LogP contribution is -2.29. The molecule has 4 nitrogen and oxygen atoms in total. The largest absolute Gasteiger partial charge is 0.351 e. The highest BCUT2D eigenvalue weighted by Crippen LogP contribution is 2.44. The van der Waals surface area contributed by atoms with Crippen LogP contribution in [0.5, 0.6) is 0 Å². The molecule has 0 aliphatic carbocycles. The molecule has 0 radical (unpaired) electrons. The van der Waals surface area contributed by atoms with Gasteiger partial charge in [0.15, 0.2) is 5.11 Å². The van der Waals surface area contributed by atoms with E-state index in [-0.39, 0.29) is 12.1 Å². The van der Waals surface area contributed by atoms with Gasteiger partial charge >= 0.3 is 0 Å². The van der Waals surface area contributed by atoms with Crippen molar-refractivity contribution in [1.29, 1.82) is 0 Å². The van der Waals surface area contributed by atoms with Gasteiger partial charge in [-0.25, -0.2) is 0 Å². The summed E-state index contributed by atoms with van der Waals surface area (Å²) in [6, 6.07) is 24.6. The van der Waals surface area contributed by atoms with Gasteiger partial charge in [0.2, 0.25) is 0 Å². The molecule has 2 atom stereocenters. The second-order valence-electron chi connectivity index (χ2n) is 8.45. The maximum Gasteiger partial charge on any atom is 0.174 e. The maximum atomic E-state index is 6.58. The number of para-hydroxylation sites is 1. The van der Waals surface area contributed by atoms with E-state index in [4.69, 9.17) is 23.8 Å². The Morgan fingerprint density at radius 1 is 0.939 bits per heavy atom. The molecule has 6 heteroatoms. The molecule has 0 bridgehead atoms. The Hall–Kier alpha value is -3.15. The summed E-state index contributed by atoms with van der Waals surface area (Å²) in [4.78, 5) is 6.88. The quantitative estimate of drug-likeness (QED) is 0.338. The normalized spacial score (nSPS) is 17.9. The van der Waals surface area contributed by atoms with Crippen LogP contribution in [-0.2, 0) is 0 Å². The van der Waals surface area contributed by atoms with Crippen molar-refractivity contribution in [3.63, 3.8) is 0 Å². The molecule has 0 saturated carbocycles. The Labute approximate surface area is 204 Å². The van der Waals surface area contributed by atoms with Crippen LogP contribution in [0.3, 0.4) is 0 Å². The van der Waals surface area contributed by atoms with Crippen molar-refractivity contribution in [2.24, 2.45) is 0 Å². The van der Waals surface area contributed by atoms with Gasteiger partial charge in [0.05, 0.1) is 28.5 Å². The van der Waals surface area contributed by atoms with Crippen LogP contribution in [-0.4, -0.2) is 14.7 Å². The first kappa shape index (κ1) is 21.7. The third kappa shape index (κ3) is 3.81. The van der Waals surface area contributed by atoms with Crippen LogP contribution >= 0.6 is 23.8 Å². The number of aromatic nitrogens is 2. The molecular weight excluding hydrogens is 448 g/mol. The van der Waals surface area contributed by atoms with Crippen LogP contribution < -0.4 is 10.2 Å². The second kappa shape index (κ2) is 8.65. The van der Waals surface area contributed by atoms with E-state index < -0.39 is 0 Å². The summed E-state index contributed by atoms with van der Waals surface area (Å²) in [7, 11) is 0. The fourth-order valence-corrected chi connectivity index (χ4v) is 5.31. The topological polar surface area (TPSA) is 33.1 Å². The summed E-state index contributed by atoms with van der Waals surface area (Å²) in [5, 5.41) is 4.97. The highest BCUT2D eigenvalue weighted by Gasteiger charge is 2.42. The van der Waals surface area contributed by atoms with Crippen LogP contribution in [0.1, 0.15) is 40.3 Å². The number of halogens is 1. The van der Waals surface area contributed by atoms with Gasteiger partial charge in [-0.2, -0.15) is 0 Å². The zero-order valence-corrected chi connectivity index (χ0v) is 20.4. The SMILES string of the molecule is Cc1ccc(N2C(=S)NC(c3ccccn3)C2c2cc(C)n(-c3ccccc3Cl)c2C)cc1. The van der Waals surface area contributed by atoms with Crippen LogP contribution in [0.25, 0.3) is 5.69 Å². The van der Waals surface area contributed by atoms with E-state index in [2.05, 4.69) is 83.0 Å². The molecule has 1 saturated heterocycles. The van der Waals surface area contributed by atoms with Gasteiger partial charge in [-0.05, 0) is 81.0 Å². The molecular formula is C27H25ClN4S. The number of thiocarbonyl (C=S) groups is 1. The predicted molar refractivity (Wildman–Crippen MR) is 139 cm³/mol. The van der Waals surface area contributed by atoms with E-state index in [1.54, 1.807) is 0 Å². The lowest BCUT2D eigenvalue weighted by Gasteiger charge is -2.28. The Kier molecular flexibility index (Phi) is 5.69. The Morgan fingerprint density at radius 2 is 1.67 bits per heavy atom. The number of anilines is 1. The fourth-order valence-electron chi connectivity index (χ4n) is 4.75. The highest BCUT2D eigenvalue weighted by molar-refractivity contribution is 7.80. The average molecular weight is 473 g/mol. The molecule has 2 unspecified atom stereocenters. The van der Waals surface area contributed by atoms with Crippen molar-refractivity contribution in [3.8, 4) is 5.69 Å². The first-order valence-corrected chi connectivity index (χ1v) is 11.8. The Balaban J connectivity index is 1.69. The molecule has 33 heavy (non-hydrogen) atoms. The van der Waals surface area contributed by atoms with Crippen LogP contribution in [0.15, 0.2) is 79.0 Å². The van der Waals surface area contributed by atoms with Gasteiger partial charge in [-0.1, -0.05) is 47.5 Å². The molecule has 166 valence electrons. The highest BCUT2D eigenvalue weighted by atomic mass is 35.5. The second-order valence-corrected chi connectivity index (χ2v) is 9.24. The lowest BCUT2D eigenvalue weighted by atomic mass is 9.96. The molecule has 0 amide bonds. The predicted octanol–water partition coefficient (Wildman–Crippen LogP) is 6.63. The van der Waals surface area contributed by atoms with Crippen molar-refractivity contribution >= 4 is 34.6 Å².